The largest absolute Gasteiger partial charge is 0.466 e. The summed E-state index contributed by atoms with van der Waals surface area (Å²) in [5, 5.41) is 0. The summed E-state index contributed by atoms with van der Waals surface area (Å²) in [5.41, 5.74) is 0.683. The van der Waals surface area contributed by atoms with Crippen molar-refractivity contribution in [2.24, 2.45) is 46.3 Å². The number of rotatable bonds is 6. The molecule has 3 nitrogen and oxygen atoms in total. The summed E-state index contributed by atoms with van der Waals surface area (Å²) in [6.45, 7) is 9.68. The van der Waals surface area contributed by atoms with Gasteiger partial charge in [-0.25, -0.2) is 0 Å². The normalized spacial score (nSPS) is 45.4. The van der Waals surface area contributed by atoms with Gasteiger partial charge in [0.2, 0.25) is 0 Å². The van der Waals surface area contributed by atoms with Crippen LogP contribution in [0.15, 0.2) is 0 Å². The second-order valence-electron chi connectivity index (χ2n) is 11.5. The Morgan fingerprint density at radius 3 is 2.47 bits per heavy atom. The highest BCUT2D eigenvalue weighted by Gasteiger charge is 2.63. The molecule has 0 spiro atoms. The maximum absolute atomic E-state index is 13.9. The van der Waals surface area contributed by atoms with Crippen LogP contribution in [0.4, 0.5) is 0 Å². The van der Waals surface area contributed by atoms with Crippen molar-refractivity contribution >= 4 is 11.8 Å². The summed E-state index contributed by atoms with van der Waals surface area (Å²) in [6.07, 6.45) is 14.0. The first-order chi connectivity index (χ1) is 14.4. The Morgan fingerprint density at radius 2 is 1.73 bits per heavy atom. The average Bonchev–Trinajstić information content (AvgIpc) is 3.05. The highest BCUT2D eigenvalue weighted by molar-refractivity contribution is 5.86. The van der Waals surface area contributed by atoms with Crippen LogP contribution in [0, 0.1) is 46.3 Å². The van der Waals surface area contributed by atoms with Crippen molar-refractivity contribution in [2.45, 2.75) is 105 Å². The Balaban J connectivity index is 1.52. The molecule has 0 heterocycles. The second kappa shape index (κ2) is 8.58. The quantitative estimate of drug-likeness (QED) is 0.459. The van der Waals surface area contributed by atoms with Gasteiger partial charge >= 0.3 is 5.97 Å². The molecular weight excluding hydrogens is 372 g/mol. The van der Waals surface area contributed by atoms with Crippen LogP contribution in [-0.4, -0.2) is 18.4 Å². The summed E-state index contributed by atoms with van der Waals surface area (Å²) in [4.78, 5) is 25.7. The van der Waals surface area contributed by atoms with Crippen molar-refractivity contribution in [1.29, 1.82) is 0 Å². The first-order valence-corrected chi connectivity index (χ1v) is 13.1. The lowest BCUT2D eigenvalue weighted by Crippen LogP contribution is -2.59. The maximum atomic E-state index is 13.9. The fraction of sp³-hybridized carbons (Fsp3) is 0.926. The van der Waals surface area contributed by atoms with Crippen molar-refractivity contribution in [3.05, 3.63) is 0 Å². The van der Waals surface area contributed by atoms with Gasteiger partial charge in [0.25, 0.3) is 0 Å². The molecule has 0 amide bonds. The predicted molar refractivity (Wildman–Crippen MR) is 120 cm³/mol. The fourth-order valence-corrected chi connectivity index (χ4v) is 9.02. The molecule has 0 aromatic carbocycles. The van der Waals surface area contributed by atoms with Gasteiger partial charge in [0.1, 0.15) is 5.78 Å². The Bertz CT molecular complexity index is 656. The number of ketones is 1. The molecule has 0 saturated heterocycles. The first kappa shape index (κ1) is 22.3. The SMILES string of the molecule is CCOC(=O)CCCC1CCC2C3C(=O)C(CC)C4CCCCC4(C)C3CCC12C. The Labute approximate surface area is 184 Å². The molecular formula is C27H44O3. The monoisotopic (exact) mass is 416 g/mol. The number of ether oxygens (including phenoxy) is 1. The van der Waals surface area contributed by atoms with E-state index in [1.54, 1.807) is 0 Å². The molecule has 170 valence electrons. The highest BCUT2D eigenvalue weighted by atomic mass is 16.5. The molecule has 0 N–H and O–H groups in total. The minimum Gasteiger partial charge on any atom is -0.466 e. The van der Waals surface area contributed by atoms with Crippen LogP contribution in [0.25, 0.3) is 0 Å². The molecule has 0 radical (unpaired) electrons. The van der Waals surface area contributed by atoms with E-state index >= 15 is 0 Å². The zero-order chi connectivity index (χ0) is 21.5. The van der Waals surface area contributed by atoms with E-state index in [9.17, 15) is 9.59 Å². The topological polar surface area (TPSA) is 43.4 Å². The van der Waals surface area contributed by atoms with Crippen molar-refractivity contribution in [2.75, 3.05) is 6.61 Å². The van der Waals surface area contributed by atoms with Crippen LogP contribution < -0.4 is 0 Å². The van der Waals surface area contributed by atoms with E-state index < -0.39 is 0 Å². The Morgan fingerprint density at radius 1 is 0.967 bits per heavy atom. The van der Waals surface area contributed by atoms with Crippen molar-refractivity contribution < 1.29 is 14.3 Å². The molecule has 8 unspecified atom stereocenters. The van der Waals surface area contributed by atoms with Crippen LogP contribution in [0.1, 0.15) is 105 Å². The predicted octanol–water partition coefficient (Wildman–Crippen LogP) is 6.58. The maximum Gasteiger partial charge on any atom is 0.305 e. The molecule has 0 aromatic rings. The third-order valence-corrected chi connectivity index (χ3v) is 10.5. The minimum absolute atomic E-state index is 0.0505. The van der Waals surface area contributed by atoms with Crippen molar-refractivity contribution in [1.82, 2.24) is 0 Å². The van der Waals surface area contributed by atoms with Gasteiger partial charge in [0.05, 0.1) is 6.61 Å². The Hall–Kier alpha value is -0.860. The number of carbonyl (C=O) groups excluding carboxylic acids is 2. The van der Waals surface area contributed by atoms with E-state index in [0.29, 0.717) is 65.1 Å². The van der Waals surface area contributed by atoms with Crippen LogP contribution in [0.5, 0.6) is 0 Å². The van der Waals surface area contributed by atoms with Crippen LogP contribution in [-0.2, 0) is 14.3 Å². The number of fused-ring (bicyclic) bond motifs is 5. The molecule has 4 aliphatic carbocycles. The second-order valence-corrected chi connectivity index (χ2v) is 11.5. The fourth-order valence-electron chi connectivity index (χ4n) is 9.02. The van der Waals surface area contributed by atoms with E-state index in [4.69, 9.17) is 4.74 Å². The lowest BCUT2D eigenvalue weighted by molar-refractivity contribution is -0.167. The van der Waals surface area contributed by atoms with E-state index in [2.05, 4.69) is 20.8 Å². The summed E-state index contributed by atoms with van der Waals surface area (Å²) in [5.74, 6) is 3.71. The molecule has 4 fully saturated rings. The average molecular weight is 417 g/mol. The molecule has 0 aliphatic heterocycles. The van der Waals surface area contributed by atoms with Crippen LogP contribution in [0.3, 0.4) is 0 Å². The summed E-state index contributed by atoms with van der Waals surface area (Å²) in [6, 6.07) is 0. The lowest BCUT2D eigenvalue weighted by Gasteiger charge is -2.61. The number of Topliss-reactive ketones (excluding diaryl/α,β-unsaturated/α-hetero) is 1. The van der Waals surface area contributed by atoms with Gasteiger partial charge in [-0.1, -0.05) is 33.6 Å². The molecule has 8 atom stereocenters. The van der Waals surface area contributed by atoms with Crippen LogP contribution in [0.2, 0.25) is 0 Å². The molecule has 30 heavy (non-hydrogen) atoms. The van der Waals surface area contributed by atoms with Gasteiger partial charge in [0.15, 0.2) is 0 Å². The third-order valence-electron chi connectivity index (χ3n) is 10.5. The molecule has 3 heteroatoms. The standard InChI is InChI=1S/C27H44O3/c1-5-19-20-11-7-8-16-27(20,4)22-15-17-26(3)18(10-9-12-23(28)30-6-2)13-14-21(26)24(22)25(19)29/h18-22,24H,5-17H2,1-4H3. The highest BCUT2D eigenvalue weighted by Crippen LogP contribution is 2.68. The Kier molecular flexibility index (Phi) is 6.39. The van der Waals surface area contributed by atoms with Gasteiger partial charge in [-0.3, -0.25) is 9.59 Å². The van der Waals surface area contributed by atoms with Crippen LogP contribution >= 0.6 is 0 Å². The third kappa shape index (κ3) is 3.47. The minimum atomic E-state index is -0.0505. The summed E-state index contributed by atoms with van der Waals surface area (Å²) in [7, 11) is 0. The van der Waals surface area contributed by atoms with Gasteiger partial charge in [-0.05, 0) is 99.2 Å². The zero-order valence-corrected chi connectivity index (χ0v) is 19.9. The number of hydrogen-bond acceptors (Lipinski definition) is 3. The van der Waals surface area contributed by atoms with Crippen molar-refractivity contribution in [3.63, 3.8) is 0 Å². The smallest absolute Gasteiger partial charge is 0.305 e. The van der Waals surface area contributed by atoms with E-state index in [-0.39, 0.29) is 5.97 Å². The lowest BCUT2D eigenvalue weighted by atomic mass is 9.42. The van der Waals surface area contributed by atoms with Gasteiger partial charge in [-0.15, -0.1) is 0 Å². The first-order valence-electron chi connectivity index (χ1n) is 13.1. The van der Waals surface area contributed by atoms with Crippen molar-refractivity contribution in [3.8, 4) is 0 Å². The summed E-state index contributed by atoms with van der Waals surface area (Å²) < 4.78 is 5.13. The number of esters is 1. The van der Waals surface area contributed by atoms with Gasteiger partial charge in [-0.2, -0.15) is 0 Å². The molecule has 0 bridgehead atoms. The van der Waals surface area contributed by atoms with Gasteiger partial charge < -0.3 is 4.74 Å². The van der Waals surface area contributed by atoms with Gasteiger partial charge in [0, 0.05) is 18.3 Å². The van der Waals surface area contributed by atoms with E-state index in [0.717, 1.165) is 19.3 Å². The van der Waals surface area contributed by atoms with E-state index in [1.165, 1.54) is 51.4 Å². The molecule has 0 aromatic heterocycles. The molecule has 4 rings (SSSR count). The summed E-state index contributed by atoms with van der Waals surface area (Å²) >= 11 is 0. The molecule has 4 saturated carbocycles. The number of carbonyl (C=O) groups is 2. The zero-order valence-electron chi connectivity index (χ0n) is 19.9. The number of hydrogen-bond donors (Lipinski definition) is 0. The van der Waals surface area contributed by atoms with E-state index in [1.807, 2.05) is 6.92 Å². The molecule has 4 aliphatic rings.